The molecule has 0 saturated carbocycles. The van der Waals surface area contributed by atoms with Gasteiger partial charge in [-0.3, -0.25) is 4.79 Å². The zero-order chi connectivity index (χ0) is 25.6. The van der Waals surface area contributed by atoms with Crippen molar-refractivity contribution in [3.05, 3.63) is 0 Å². The predicted octanol–water partition coefficient (Wildman–Crippen LogP) is 4.92. The first-order valence-electron chi connectivity index (χ1n) is 14.1. The number of nitrogens with zero attached hydrogens (tertiary/aromatic N) is 2. The van der Waals surface area contributed by atoms with Crippen molar-refractivity contribution < 1.29 is 23.7 Å². The average Bonchev–Trinajstić information content (AvgIpc) is 3.04. The second-order valence-corrected chi connectivity index (χ2v) is 12.3. The lowest BCUT2D eigenvalue weighted by molar-refractivity contribution is -0.883. The van der Waals surface area contributed by atoms with E-state index < -0.39 is 5.97 Å². The van der Waals surface area contributed by atoms with Crippen molar-refractivity contribution in [2.75, 3.05) is 60.9 Å². The molecule has 0 aromatic heterocycles. The number of carbonyl (C=O) groups excluding carboxylic acids is 1. The topological polar surface area (TPSA) is 66.4 Å². The second-order valence-electron chi connectivity index (χ2n) is 12.3. The fraction of sp³-hybridized carbons (Fsp3) is 0.929. The van der Waals surface area contributed by atoms with Gasteiger partial charge in [-0.1, -0.05) is 58.8 Å². The molecule has 1 rings (SSSR count). The summed E-state index contributed by atoms with van der Waals surface area (Å²) in [6.45, 7) is 8.65. The maximum Gasteiger partial charge on any atom is 0.359 e. The van der Waals surface area contributed by atoms with Crippen molar-refractivity contribution in [1.29, 1.82) is 0 Å². The van der Waals surface area contributed by atoms with Crippen LogP contribution in [0.5, 0.6) is 0 Å². The minimum Gasteiger partial charge on any atom is -0.477 e. The normalized spacial score (nSPS) is 20.9. The first kappa shape index (κ1) is 30.9. The number of nitrogens with one attached hydrogen (secondary N) is 1. The number of likely N-dealkylation sites (N-methyl/N-ethyl adjacent to an activating group) is 1. The molecule has 3 atom stereocenters. The van der Waals surface area contributed by atoms with Crippen LogP contribution in [0.4, 0.5) is 0 Å². The van der Waals surface area contributed by atoms with Gasteiger partial charge in [-0.15, -0.1) is 0 Å². The van der Waals surface area contributed by atoms with Crippen LogP contribution in [0.15, 0.2) is 0 Å². The number of carbonyl (C=O) groups is 2. The van der Waals surface area contributed by atoms with E-state index in [1.54, 1.807) is 0 Å². The largest absolute Gasteiger partial charge is 0.477 e. The van der Waals surface area contributed by atoms with Crippen LogP contribution in [0.3, 0.4) is 0 Å². The van der Waals surface area contributed by atoms with E-state index in [0.717, 1.165) is 55.0 Å². The van der Waals surface area contributed by atoms with Gasteiger partial charge in [0.15, 0.2) is 6.54 Å². The molecule has 0 radical (unpaired) electrons. The minimum atomic E-state index is -0.775. The molecule has 1 aliphatic rings. The quantitative estimate of drug-likeness (QED) is 0.202. The molecule has 0 aliphatic carbocycles. The van der Waals surface area contributed by atoms with Crippen LogP contribution < -0.4 is 5.32 Å². The van der Waals surface area contributed by atoms with Crippen molar-refractivity contribution in [3.63, 3.8) is 0 Å². The Labute approximate surface area is 210 Å². The molecule has 0 aromatic carbocycles. The Balaban J connectivity index is 2.49. The van der Waals surface area contributed by atoms with Crippen LogP contribution in [0.25, 0.3) is 0 Å². The Hall–Kier alpha value is -1.14. The lowest BCUT2D eigenvalue weighted by Gasteiger charge is -2.27. The lowest BCUT2D eigenvalue weighted by atomic mass is 9.86. The molecule has 1 aliphatic heterocycles. The van der Waals surface area contributed by atoms with Gasteiger partial charge in [0.1, 0.15) is 0 Å². The van der Waals surface area contributed by atoms with Crippen molar-refractivity contribution in [2.45, 2.75) is 90.9 Å². The van der Waals surface area contributed by atoms with Crippen molar-refractivity contribution >= 4 is 11.9 Å². The van der Waals surface area contributed by atoms with Gasteiger partial charge in [0.05, 0.1) is 47.8 Å². The highest BCUT2D eigenvalue weighted by Gasteiger charge is 2.38. The third-order valence-corrected chi connectivity index (χ3v) is 7.86. The van der Waals surface area contributed by atoms with Gasteiger partial charge in [0.2, 0.25) is 5.91 Å². The predicted molar refractivity (Wildman–Crippen MR) is 142 cm³/mol. The number of carboxylic acid groups (broad SMARTS) is 1. The maximum absolute atomic E-state index is 13.0. The highest BCUT2D eigenvalue weighted by Crippen LogP contribution is 2.33. The third kappa shape index (κ3) is 13.1. The zero-order valence-electron chi connectivity index (χ0n) is 23.4. The highest BCUT2D eigenvalue weighted by molar-refractivity contribution is 5.78. The molecular formula is C28H57N3O3+2. The van der Waals surface area contributed by atoms with Crippen LogP contribution in [0.2, 0.25) is 0 Å². The molecule has 6 nitrogen and oxygen atoms in total. The number of rotatable bonds is 19. The highest BCUT2D eigenvalue weighted by atomic mass is 16.4. The fourth-order valence-corrected chi connectivity index (χ4v) is 5.94. The summed E-state index contributed by atoms with van der Waals surface area (Å²) in [5.41, 5.74) is 0. The van der Waals surface area contributed by atoms with Crippen molar-refractivity contribution in [1.82, 2.24) is 5.32 Å². The summed E-state index contributed by atoms with van der Waals surface area (Å²) >= 11 is 0. The van der Waals surface area contributed by atoms with E-state index in [4.69, 9.17) is 5.11 Å². The Morgan fingerprint density at radius 2 is 1.56 bits per heavy atom. The molecule has 200 valence electrons. The maximum atomic E-state index is 13.0. The van der Waals surface area contributed by atoms with Gasteiger partial charge in [0.25, 0.3) is 0 Å². The van der Waals surface area contributed by atoms with E-state index in [1.807, 2.05) is 14.1 Å². The molecule has 1 saturated heterocycles. The number of likely N-dealkylation sites (tertiary alicyclic amines) is 1. The Morgan fingerprint density at radius 3 is 2.21 bits per heavy atom. The number of hydrogen-bond donors (Lipinski definition) is 2. The van der Waals surface area contributed by atoms with Crippen LogP contribution in [-0.2, 0) is 9.59 Å². The van der Waals surface area contributed by atoms with E-state index in [9.17, 15) is 9.59 Å². The van der Waals surface area contributed by atoms with Crippen LogP contribution in [0, 0.1) is 17.8 Å². The minimum absolute atomic E-state index is 0.115. The number of quaternary nitrogens is 2. The molecule has 0 spiro atoms. The average molecular weight is 484 g/mol. The molecule has 1 fully saturated rings. The summed E-state index contributed by atoms with van der Waals surface area (Å²) < 4.78 is 1.59. The summed E-state index contributed by atoms with van der Waals surface area (Å²) in [7, 11) is 8.58. The molecule has 1 amide bonds. The van der Waals surface area contributed by atoms with E-state index in [2.05, 4.69) is 33.3 Å². The van der Waals surface area contributed by atoms with E-state index >= 15 is 0 Å². The molecular weight excluding hydrogens is 426 g/mol. The number of aliphatic carboxylic acids is 1. The number of amides is 1. The summed E-state index contributed by atoms with van der Waals surface area (Å²) in [4.78, 5) is 24.1. The first-order valence-corrected chi connectivity index (χ1v) is 14.1. The van der Waals surface area contributed by atoms with Gasteiger partial charge < -0.3 is 19.4 Å². The van der Waals surface area contributed by atoms with E-state index in [-0.39, 0.29) is 18.4 Å². The monoisotopic (exact) mass is 483 g/mol. The molecule has 0 bridgehead atoms. The van der Waals surface area contributed by atoms with Crippen LogP contribution in [0.1, 0.15) is 90.9 Å². The Bertz CT molecular complexity index is 591. The summed E-state index contributed by atoms with van der Waals surface area (Å²) in [5.74, 6) is 1.19. The van der Waals surface area contributed by atoms with E-state index in [0.29, 0.717) is 11.0 Å². The molecule has 3 unspecified atom stereocenters. The molecule has 2 N–H and O–H groups in total. The summed E-state index contributed by atoms with van der Waals surface area (Å²) in [5, 5.41) is 12.2. The fourth-order valence-electron chi connectivity index (χ4n) is 5.94. The van der Waals surface area contributed by atoms with Gasteiger partial charge in [-0.05, 0) is 25.7 Å². The second kappa shape index (κ2) is 15.8. The van der Waals surface area contributed by atoms with Gasteiger partial charge >= 0.3 is 5.97 Å². The molecule has 34 heavy (non-hydrogen) atoms. The van der Waals surface area contributed by atoms with Crippen molar-refractivity contribution in [3.8, 4) is 0 Å². The van der Waals surface area contributed by atoms with Gasteiger partial charge in [-0.2, -0.15) is 0 Å². The van der Waals surface area contributed by atoms with Crippen LogP contribution >= 0.6 is 0 Å². The lowest BCUT2D eigenvalue weighted by Crippen LogP contribution is -2.45. The SMILES string of the molecule is CCCCCCCCC(CCCC1C[N+](C)(C)CC1CC)C(=O)NCCC[N+](C)(C)CC(=O)O. The summed E-state index contributed by atoms with van der Waals surface area (Å²) in [6.07, 6.45) is 14.0. The molecule has 1 heterocycles. The first-order chi connectivity index (χ1) is 16.0. The number of hydrogen-bond acceptors (Lipinski definition) is 2. The van der Waals surface area contributed by atoms with Crippen LogP contribution in [-0.4, -0.2) is 86.9 Å². The standard InChI is InChI=1S/C28H55N3O3/c1-7-9-10-11-12-13-16-25(17-14-18-26-22-31(5,6)21-24(26)8-2)28(34)29-19-15-20-30(3,4)23-27(32)33/h24-26H,7-23H2,1-6H3/p+2. The molecule has 6 heteroatoms. The smallest absolute Gasteiger partial charge is 0.359 e. The van der Waals surface area contributed by atoms with Gasteiger partial charge in [-0.25, -0.2) is 4.79 Å². The Kier molecular flexibility index (Phi) is 14.3. The van der Waals surface area contributed by atoms with Gasteiger partial charge in [0, 0.05) is 30.7 Å². The molecule has 0 aromatic rings. The number of carboxylic acids is 1. The zero-order valence-corrected chi connectivity index (χ0v) is 23.4. The van der Waals surface area contributed by atoms with Crippen molar-refractivity contribution in [2.24, 2.45) is 17.8 Å². The third-order valence-electron chi connectivity index (χ3n) is 7.86. The number of unbranched alkanes of at least 4 members (excludes halogenated alkanes) is 5. The van der Waals surface area contributed by atoms with E-state index in [1.165, 1.54) is 58.0 Å². The summed E-state index contributed by atoms with van der Waals surface area (Å²) in [6, 6.07) is 0. The Morgan fingerprint density at radius 1 is 0.941 bits per heavy atom.